The fraction of sp³-hybridized carbons (Fsp3) is 0.125. The van der Waals surface area contributed by atoms with E-state index >= 15 is 0 Å². The number of benzene rings is 3. The number of nitrogens with one attached hydrogen (secondary N) is 2. The summed E-state index contributed by atoms with van der Waals surface area (Å²) in [6, 6.07) is 20.6. The maximum atomic E-state index is 12.4. The third-order valence-corrected chi connectivity index (χ3v) is 5.45. The molecule has 0 unspecified atom stereocenters. The van der Waals surface area contributed by atoms with Crippen molar-refractivity contribution in [3.63, 3.8) is 0 Å². The van der Waals surface area contributed by atoms with Gasteiger partial charge in [0.05, 0.1) is 11.1 Å². The van der Waals surface area contributed by atoms with Crippen LogP contribution in [0.5, 0.6) is 0 Å². The third-order valence-electron chi connectivity index (χ3n) is 5.45. The summed E-state index contributed by atoms with van der Waals surface area (Å²) < 4.78 is 0. The van der Waals surface area contributed by atoms with Crippen LogP contribution in [-0.2, 0) is 4.79 Å². The van der Waals surface area contributed by atoms with Crippen LogP contribution in [0.2, 0.25) is 0 Å². The van der Waals surface area contributed by atoms with Crippen LogP contribution in [0, 0.1) is 0 Å². The number of carbonyl (C=O) groups is 3. The molecule has 3 amide bonds. The lowest BCUT2D eigenvalue weighted by molar-refractivity contribution is -0.116. The molecule has 0 spiro atoms. The number of H-pyrrole nitrogens is 1. The van der Waals surface area contributed by atoms with E-state index in [0.29, 0.717) is 17.5 Å². The Balaban J connectivity index is 1.22. The molecule has 2 N–H and O–H groups in total. The van der Waals surface area contributed by atoms with E-state index < -0.39 is 0 Å². The molecule has 2 heterocycles. The molecule has 6 nitrogen and oxygen atoms in total. The van der Waals surface area contributed by atoms with E-state index in [-0.39, 0.29) is 30.7 Å². The number of carbonyl (C=O) groups excluding carboxylic acids is 3. The SMILES string of the molecule is O=C(CCCN1C(=O)c2ccccc2C1=O)Nc1ccc2[nH]c3ccccc3c2c1. The van der Waals surface area contributed by atoms with Gasteiger partial charge in [0.2, 0.25) is 5.91 Å². The Morgan fingerprint density at radius 1 is 0.833 bits per heavy atom. The number of amides is 3. The molecule has 5 rings (SSSR count). The average Bonchev–Trinajstić information content (AvgIpc) is 3.24. The molecule has 6 heteroatoms. The van der Waals surface area contributed by atoms with Gasteiger partial charge in [0.25, 0.3) is 11.8 Å². The molecule has 0 radical (unpaired) electrons. The Morgan fingerprint density at radius 2 is 1.50 bits per heavy atom. The summed E-state index contributed by atoms with van der Waals surface area (Å²) >= 11 is 0. The second-order valence-corrected chi connectivity index (χ2v) is 7.39. The summed E-state index contributed by atoms with van der Waals surface area (Å²) in [6.07, 6.45) is 0.631. The van der Waals surface area contributed by atoms with Gasteiger partial charge < -0.3 is 10.3 Å². The van der Waals surface area contributed by atoms with Gasteiger partial charge in [-0.1, -0.05) is 30.3 Å². The van der Waals surface area contributed by atoms with Crippen LogP contribution in [0.1, 0.15) is 33.6 Å². The number of aromatic nitrogens is 1. The second kappa shape index (κ2) is 7.15. The largest absolute Gasteiger partial charge is 0.355 e. The van der Waals surface area contributed by atoms with Crippen LogP contribution in [0.25, 0.3) is 21.8 Å². The molecule has 0 saturated heterocycles. The van der Waals surface area contributed by atoms with E-state index in [1.165, 1.54) is 4.90 Å². The number of aromatic amines is 1. The molecule has 30 heavy (non-hydrogen) atoms. The van der Waals surface area contributed by atoms with E-state index in [0.717, 1.165) is 27.5 Å². The van der Waals surface area contributed by atoms with Crippen molar-refractivity contribution in [2.45, 2.75) is 12.8 Å². The zero-order valence-corrected chi connectivity index (χ0v) is 16.1. The highest BCUT2D eigenvalue weighted by Crippen LogP contribution is 2.28. The Kier molecular flexibility index (Phi) is 4.32. The molecule has 0 bridgehead atoms. The molecule has 148 valence electrons. The van der Waals surface area contributed by atoms with Crippen molar-refractivity contribution in [1.29, 1.82) is 0 Å². The first-order chi connectivity index (χ1) is 14.6. The van der Waals surface area contributed by atoms with Crippen molar-refractivity contribution >= 4 is 45.2 Å². The molecular weight excluding hydrogens is 378 g/mol. The van der Waals surface area contributed by atoms with E-state index in [1.807, 2.05) is 42.5 Å². The molecule has 3 aromatic carbocycles. The summed E-state index contributed by atoms with van der Waals surface area (Å²) in [7, 11) is 0. The minimum absolute atomic E-state index is 0.147. The summed E-state index contributed by atoms with van der Waals surface area (Å²) in [5.41, 5.74) is 3.65. The third kappa shape index (κ3) is 3.03. The highest BCUT2D eigenvalue weighted by atomic mass is 16.2. The summed E-state index contributed by atoms with van der Waals surface area (Å²) in [6.45, 7) is 0.223. The zero-order valence-electron chi connectivity index (χ0n) is 16.1. The monoisotopic (exact) mass is 397 g/mol. The Hall–Kier alpha value is -3.93. The second-order valence-electron chi connectivity index (χ2n) is 7.39. The maximum Gasteiger partial charge on any atom is 0.261 e. The number of hydrogen-bond donors (Lipinski definition) is 2. The number of para-hydroxylation sites is 1. The number of fused-ring (bicyclic) bond motifs is 4. The van der Waals surface area contributed by atoms with Crippen LogP contribution in [0.3, 0.4) is 0 Å². The van der Waals surface area contributed by atoms with Crippen molar-refractivity contribution in [2.24, 2.45) is 0 Å². The van der Waals surface area contributed by atoms with Gasteiger partial charge in [-0.05, 0) is 42.8 Å². The Labute approximate surface area is 172 Å². The van der Waals surface area contributed by atoms with E-state index in [2.05, 4.69) is 10.3 Å². The first-order valence-corrected chi connectivity index (χ1v) is 9.87. The van der Waals surface area contributed by atoms with Gasteiger partial charge in [0.15, 0.2) is 0 Å². The fourth-order valence-corrected chi connectivity index (χ4v) is 3.99. The number of imide groups is 1. The van der Waals surface area contributed by atoms with Crippen LogP contribution in [0.15, 0.2) is 66.7 Å². The standard InChI is InChI=1S/C24H19N3O3/c28-22(10-5-13-27-23(29)17-7-1-2-8-18(17)24(27)30)25-15-11-12-21-19(14-15)16-6-3-4-9-20(16)26-21/h1-4,6-9,11-12,14,26H,5,10,13H2,(H,25,28). The van der Waals surface area contributed by atoms with Gasteiger partial charge in [-0.25, -0.2) is 0 Å². The van der Waals surface area contributed by atoms with Crippen LogP contribution >= 0.6 is 0 Å². The fourth-order valence-electron chi connectivity index (χ4n) is 3.99. The van der Waals surface area contributed by atoms with Gasteiger partial charge in [0.1, 0.15) is 0 Å². The van der Waals surface area contributed by atoms with Crippen molar-refractivity contribution in [1.82, 2.24) is 9.88 Å². The molecule has 0 aliphatic carbocycles. The molecule has 0 atom stereocenters. The van der Waals surface area contributed by atoms with Crippen LogP contribution in [-0.4, -0.2) is 34.2 Å². The van der Waals surface area contributed by atoms with E-state index in [4.69, 9.17) is 0 Å². The molecule has 1 aliphatic rings. The normalized spacial score (nSPS) is 13.3. The van der Waals surface area contributed by atoms with Crippen molar-refractivity contribution in [3.8, 4) is 0 Å². The minimum Gasteiger partial charge on any atom is -0.355 e. The lowest BCUT2D eigenvalue weighted by Gasteiger charge is -2.13. The first-order valence-electron chi connectivity index (χ1n) is 9.87. The maximum absolute atomic E-state index is 12.4. The smallest absolute Gasteiger partial charge is 0.261 e. The quantitative estimate of drug-likeness (QED) is 0.492. The number of hydrogen-bond acceptors (Lipinski definition) is 3. The molecule has 0 fully saturated rings. The molecular formula is C24H19N3O3. The summed E-state index contributed by atoms with van der Waals surface area (Å²) in [4.78, 5) is 41.7. The van der Waals surface area contributed by atoms with E-state index in [9.17, 15) is 14.4 Å². The average molecular weight is 397 g/mol. The Bertz CT molecular complexity index is 1290. The van der Waals surface area contributed by atoms with Crippen molar-refractivity contribution < 1.29 is 14.4 Å². The summed E-state index contributed by atoms with van der Waals surface area (Å²) in [5.74, 6) is -0.729. The van der Waals surface area contributed by atoms with Crippen LogP contribution < -0.4 is 5.32 Å². The molecule has 0 saturated carbocycles. The van der Waals surface area contributed by atoms with Crippen LogP contribution in [0.4, 0.5) is 5.69 Å². The summed E-state index contributed by atoms with van der Waals surface area (Å²) in [5, 5.41) is 5.07. The lowest BCUT2D eigenvalue weighted by atomic mass is 10.1. The van der Waals surface area contributed by atoms with Gasteiger partial charge in [0, 0.05) is 40.5 Å². The van der Waals surface area contributed by atoms with Crippen molar-refractivity contribution in [2.75, 3.05) is 11.9 Å². The van der Waals surface area contributed by atoms with Gasteiger partial charge in [-0.3, -0.25) is 19.3 Å². The van der Waals surface area contributed by atoms with E-state index in [1.54, 1.807) is 24.3 Å². The van der Waals surface area contributed by atoms with Gasteiger partial charge >= 0.3 is 0 Å². The number of rotatable bonds is 5. The number of nitrogens with zero attached hydrogens (tertiary/aromatic N) is 1. The minimum atomic E-state index is -0.291. The highest BCUT2D eigenvalue weighted by Gasteiger charge is 2.34. The molecule has 4 aromatic rings. The zero-order chi connectivity index (χ0) is 20.7. The topological polar surface area (TPSA) is 82.3 Å². The molecule has 1 aliphatic heterocycles. The van der Waals surface area contributed by atoms with Gasteiger partial charge in [-0.15, -0.1) is 0 Å². The predicted molar refractivity (Wildman–Crippen MR) is 115 cm³/mol. The lowest BCUT2D eigenvalue weighted by Crippen LogP contribution is -2.31. The first kappa shape index (κ1) is 18.1. The number of anilines is 1. The predicted octanol–water partition coefficient (Wildman–Crippen LogP) is 4.34. The van der Waals surface area contributed by atoms with Crippen molar-refractivity contribution in [3.05, 3.63) is 77.9 Å². The molecule has 1 aromatic heterocycles. The highest BCUT2D eigenvalue weighted by molar-refractivity contribution is 6.21. The Morgan fingerprint density at radius 3 is 2.27 bits per heavy atom. The van der Waals surface area contributed by atoms with Gasteiger partial charge in [-0.2, -0.15) is 0 Å².